The number of nitrogen functional groups attached to an aromatic ring is 1. The van der Waals surface area contributed by atoms with Gasteiger partial charge in [-0.05, 0) is 29.3 Å². The van der Waals surface area contributed by atoms with Crippen molar-refractivity contribution in [1.29, 1.82) is 0 Å². The number of carbonyl (C=O) groups is 1. The van der Waals surface area contributed by atoms with Crippen molar-refractivity contribution in [3.05, 3.63) is 4.73 Å². The molecule has 7 N–H and O–H groups in total. The first-order valence-electron chi connectivity index (χ1n) is 8.79. The number of halogens is 1. The average Bonchev–Trinajstić information content (AvgIpc) is 3.17. The third-order valence-electron chi connectivity index (χ3n) is 4.68. The Labute approximate surface area is 178 Å². The summed E-state index contributed by atoms with van der Waals surface area (Å²) in [6, 6.07) is -0.766. The Bertz CT molecular complexity index is 926. The van der Waals surface area contributed by atoms with E-state index in [2.05, 4.69) is 40.9 Å². The Kier molecular flexibility index (Phi) is 6.84. The molecule has 1 saturated carbocycles. The summed E-state index contributed by atoms with van der Waals surface area (Å²) in [5, 5.41) is 28.8. The maximum Gasteiger partial charge on any atom is 0.447 e. The zero-order valence-electron chi connectivity index (χ0n) is 15.6. The second-order valence-electron chi connectivity index (χ2n) is 6.68. The number of nitrogens with two attached hydrogens (primary N) is 1. The maximum atomic E-state index is 11.8. The van der Waals surface area contributed by atoms with E-state index in [9.17, 15) is 29.7 Å². The third-order valence-corrected chi connectivity index (χ3v) is 6.02. The number of carbonyl (C=O) groups excluding carboxylic acids is 1. The summed E-state index contributed by atoms with van der Waals surface area (Å²) in [4.78, 5) is 48.3. The average molecular weight is 512 g/mol. The lowest BCUT2D eigenvalue weighted by atomic mass is 10.1. The van der Waals surface area contributed by atoms with Crippen molar-refractivity contribution in [2.75, 3.05) is 18.9 Å². The first kappa shape index (κ1) is 23.1. The van der Waals surface area contributed by atoms with Gasteiger partial charge in [-0.25, -0.2) is 19.4 Å². The van der Waals surface area contributed by atoms with E-state index in [4.69, 9.17) is 10.5 Å². The highest BCUT2D eigenvalue weighted by atomic mass is 79.9. The Balaban J connectivity index is 1.78. The van der Waals surface area contributed by atoms with Crippen LogP contribution in [0.25, 0.3) is 11.2 Å². The topological polar surface area (TPSA) is 219 Å². The van der Waals surface area contributed by atoms with Gasteiger partial charge in [-0.15, -0.1) is 5.10 Å². The number of fused-ring (bicyclic) bond motifs is 1. The summed E-state index contributed by atoms with van der Waals surface area (Å²) < 4.78 is 11.3. The van der Waals surface area contributed by atoms with Crippen molar-refractivity contribution in [3.8, 4) is 0 Å². The number of esters is 1. The first-order valence-corrected chi connectivity index (χ1v) is 11.3. The number of hydrogen-bond donors (Lipinski definition) is 6. The smallest absolute Gasteiger partial charge is 0.447 e. The SMILES string of the molecule is CCOC(=O)C(OCC1CC(n2nnc3c(N)nc(Br)nc32)C(O)C1O)[P+](O)(O)O. The van der Waals surface area contributed by atoms with E-state index in [1.54, 1.807) is 0 Å². The number of hydrogen-bond acceptors (Lipinski definition) is 13. The van der Waals surface area contributed by atoms with Gasteiger partial charge in [0.15, 0.2) is 17.0 Å². The van der Waals surface area contributed by atoms with E-state index in [-0.39, 0.29) is 41.3 Å². The number of rotatable bonds is 7. The summed E-state index contributed by atoms with van der Waals surface area (Å²) in [5.74, 6) is -3.83. The second-order valence-corrected chi connectivity index (χ2v) is 9.09. The maximum absolute atomic E-state index is 11.8. The van der Waals surface area contributed by atoms with Gasteiger partial charge in [0.2, 0.25) is 4.73 Å². The van der Waals surface area contributed by atoms with Gasteiger partial charge in [-0.2, -0.15) is 14.7 Å². The van der Waals surface area contributed by atoms with Crippen LogP contribution in [-0.4, -0.2) is 87.1 Å². The number of anilines is 1. The molecule has 0 spiro atoms. The molecule has 0 aliphatic heterocycles. The molecule has 0 aromatic carbocycles. The molecular formula is C14H21BrN6O8P+. The largest absolute Gasteiger partial charge is 0.461 e. The summed E-state index contributed by atoms with van der Waals surface area (Å²) >= 11 is 3.12. The van der Waals surface area contributed by atoms with Crippen molar-refractivity contribution in [2.45, 2.75) is 37.4 Å². The van der Waals surface area contributed by atoms with Gasteiger partial charge in [0.05, 0.1) is 25.4 Å². The lowest BCUT2D eigenvalue weighted by Crippen LogP contribution is -2.34. The minimum atomic E-state index is -4.72. The van der Waals surface area contributed by atoms with E-state index in [0.717, 1.165) is 0 Å². The van der Waals surface area contributed by atoms with Gasteiger partial charge < -0.3 is 25.4 Å². The van der Waals surface area contributed by atoms with Crippen molar-refractivity contribution < 1.29 is 39.2 Å². The molecule has 2 aromatic heterocycles. The number of aromatic nitrogens is 5. The van der Waals surface area contributed by atoms with E-state index in [1.165, 1.54) is 11.6 Å². The Morgan fingerprint density at radius 1 is 1.33 bits per heavy atom. The fourth-order valence-electron chi connectivity index (χ4n) is 3.29. The summed E-state index contributed by atoms with van der Waals surface area (Å²) in [5.41, 5.74) is 6.25. The lowest BCUT2D eigenvalue weighted by Gasteiger charge is -2.20. The van der Waals surface area contributed by atoms with Gasteiger partial charge in [0, 0.05) is 5.92 Å². The van der Waals surface area contributed by atoms with Crippen LogP contribution >= 0.6 is 23.9 Å². The summed E-state index contributed by atoms with van der Waals surface area (Å²) in [6.07, 6.45) is -2.48. The van der Waals surface area contributed by atoms with Gasteiger partial charge in [0.25, 0.3) is 0 Å². The molecule has 1 fully saturated rings. The number of aliphatic hydroxyl groups excluding tert-OH is 2. The predicted molar refractivity (Wildman–Crippen MR) is 104 cm³/mol. The van der Waals surface area contributed by atoms with Crippen molar-refractivity contribution in [3.63, 3.8) is 0 Å². The molecule has 0 saturated heterocycles. The Hall–Kier alpha value is -1.58. The van der Waals surface area contributed by atoms with Crippen molar-refractivity contribution >= 4 is 46.8 Å². The molecule has 1 aliphatic carbocycles. The third kappa shape index (κ3) is 4.53. The van der Waals surface area contributed by atoms with Gasteiger partial charge in [-0.3, -0.25) is 0 Å². The minimum Gasteiger partial charge on any atom is -0.461 e. The zero-order chi connectivity index (χ0) is 22.2. The van der Waals surface area contributed by atoms with Crippen molar-refractivity contribution in [2.24, 2.45) is 5.92 Å². The molecule has 0 bridgehead atoms. The molecule has 5 atom stereocenters. The molecule has 0 amide bonds. The molecule has 3 rings (SSSR count). The van der Waals surface area contributed by atoms with Crippen LogP contribution in [0.5, 0.6) is 0 Å². The standard InChI is InChI=1S/C14H21BrN6O8P/c1-2-28-12(24)13(30(25,26)27)29-4-5-3-6(9(23)8(5)22)21-11-7(19-20-21)10(16)17-14(15)18-11/h5-6,8-9,13,22-23,25-27H,2-4H2,1H3,(H2,16,17,18)/q+1. The van der Waals surface area contributed by atoms with Gasteiger partial charge in [0.1, 0.15) is 6.10 Å². The van der Waals surface area contributed by atoms with E-state index < -0.39 is 43.9 Å². The minimum absolute atomic E-state index is 0.0640. The van der Waals surface area contributed by atoms with Crippen LogP contribution in [0.2, 0.25) is 0 Å². The van der Waals surface area contributed by atoms with Crippen LogP contribution in [0.1, 0.15) is 19.4 Å². The molecule has 166 valence electrons. The van der Waals surface area contributed by atoms with Crippen LogP contribution < -0.4 is 5.73 Å². The number of aliphatic hydroxyl groups is 2. The summed E-state index contributed by atoms with van der Waals surface area (Å²) in [6.45, 7) is 1.06. The van der Waals surface area contributed by atoms with Crippen LogP contribution in [0.3, 0.4) is 0 Å². The molecule has 2 heterocycles. The Morgan fingerprint density at radius 2 is 2.03 bits per heavy atom. The monoisotopic (exact) mass is 511 g/mol. The van der Waals surface area contributed by atoms with E-state index in [1.807, 2.05) is 0 Å². The van der Waals surface area contributed by atoms with E-state index >= 15 is 0 Å². The van der Waals surface area contributed by atoms with Crippen LogP contribution in [-0.2, 0) is 14.3 Å². The fraction of sp³-hybridized carbons (Fsp3) is 0.643. The zero-order valence-corrected chi connectivity index (χ0v) is 18.1. The molecule has 16 heteroatoms. The first-order chi connectivity index (χ1) is 14.0. The predicted octanol–water partition coefficient (Wildman–Crippen LogP) is -1.51. The fourth-order valence-corrected chi connectivity index (χ4v) is 4.29. The molecule has 2 aromatic rings. The highest BCUT2D eigenvalue weighted by Crippen LogP contribution is 2.51. The number of nitrogens with zero attached hydrogens (tertiary/aromatic N) is 5. The Morgan fingerprint density at radius 3 is 2.67 bits per heavy atom. The molecular weight excluding hydrogens is 491 g/mol. The molecule has 0 radical (unpaired) electrons. The normalized spacial score (nSPS) is 25.6. The molecule has 1 aliphatic rings. The van der Waals surface area contributed by atoms with E-state index in [0.29, 0.717) is 0 Å². The quantitative estimate of drug-likeness (QED) is 0.141. The van der Waals surface area contributed by atoms with Crippen LogP contribution in [0, 0.1) is 5.92 Å². The molecule has 5 unspecified atom stereocenters. The van der Waals surface area contributed by atoms with Gasteiger partial charge in [-0.1, -0.05) is 5.21 Å². The summed E-state index contributed by atoms with van der Waals surface area (Å²) in [7, 11) is -4.72. The number of ether oxygens (including phenoxy) is 2. The van der Waals surface area contributed by atoms with Crippen molar-refractivity contribution in [1.82, 2.24) is 25.0 Å². The lowest BCUT2D eigenvalue weighted by molar-refractivity contribution is -0.153. The highest BCUT2D eigenvalue weighted by molar-refractivity contribution is 9.10. The van der Waals surface area contributed by atoms with Crippen LogP contribution in [0.4, 0.5) is 5.82 Å². The van der Waals surface area contributed by atoms with Crippen LogP contribution in [0.15, 0.2) is 4.73 Å². The highest BCUT2D eigenvalue weighted by Gasteiger charge is 2.52. The molecule has 30 heavy (non-hydrogen) atoms. The molecule has 14 nitrogen and oxygen atoms in total. The van der Waals surface area contributed by atoms with Gasteiger partial charge >= 0.3 is 19.8 Å². The second kappa shape index (κ2) is 8.88.